The van der Waals surface area contributed by atoms with Crippen molar-refractivity contribution < 1.29 is 24.2 Å². The van der Waals surface area contributed by atoms with Crippen LogP contribution in [0.3, 0.4) is 0 Å². The summed E-state index contributed by atoms with van der Waals surface area (Å²) in [5.74, 6) is -0.198. The monoisotopic (exact) mass is 522 g/mol. The van der Waals surface area contributed by atoms with E-state index < -0.39 is 12.0 Å². The summed E-state index contributed by atoms with van der Waals surface area (Å²) in [5, 5.41) is 10.4. The molecule has 1 amide bonds. The third kappa shape index (κ3) is 5.23. The number of amides is 1. The molecule has 0 spiro atoms. The van der Waals surface area contributed by atoms with Crippen LogP contribution in [0.5, 0.6) is 11.5 Å². The van der Waals surface area contributed by atoms with E-state index in [0.717, 1.165) is 23.2 Å². The Kier molecular flexibility index (Phi) is 7.64. The summed E-state index contributed by atoms with van der Waals surface area (Å²) in [4.78, 5) is 29.6. The van der Waals surface area contributed by atoms with Gasteiger partial charge in [0.05, 0.1) is 31.2 Å². The molecule has 1 aliphatic heterocycles. The number of methoxy groups -OCH3 is 1. The first kappa shape index (κ1) is 26.4. The first-order chi connectivity index (χ1) is 17.6. The molecule has 2 atom stereocenters. The van der Waals surface area contributed by atoms with Gasteiger partial charge in [-0.1, -0.05) is 24.6 Å². The number of benzene rings is 3. The highest BCUT2D eigenvalue weighted by Crippen LogP contribution is 2.45. The molecule has 0 radical (unpaired) electrons. The van der Waals surface area contributed by atoms with Gasteiger partial charge in [0.15, 0.2) is 11.5 Å². The van der Waals surface area contributed by atoms with Crippen LogP contribution in [0.2, 0.25) is 5.02 Å². The van der Waals surface area contributed by atoms with Crippen molar-refractivity contribution in [1.29, 1.82) is 0 Å². The van der Waals surface area contributed by atoms with Gasteiger partial charge in [0, 0.05) is 30.5 Å². The summed E-state index contributed by atoms with van der Waals surface area (Å²) in [6.07, 6.45) is 0.875. The molecule has 0 bridgehead atoms. The van der Waals surface area contributed by atoms with Gasteiger partial charge < -0.3 is 24.4 Å². The van der Waals surface area contributed by atoms with Crippen molar-refractivity contribution in [3.63, 3.8) is 0 Å². The van der Waals surface area contributed by atoms with Crippen LogP contribution in [-0.2, 0) is 11.2 Å². The maximum atomic E-state index is 13.7. The van der Waals surface area contributed by atoms with Crippen LogP contribution in [0.25, 0.3) is 0 Å². The molecule has 1 aliphatic rings. The van der Waals surface area contributed by atoms with Crippen LogP contribution in [-0.4, -0.2) is 44.3 Å². The summed E-state index contributed by atoms with van der Waals surface area (Å²) in [6.45, 7) is 4.00. The number of rotatable bonds is 8. The lowest BCUT2D eigenvalue weighted by Crippen LogP contribution is -2.41. The molecule has 1 N–H and O–H groups in total. The normalized spacial score (nSPS) is 15.7. The molecule has 0 aliphatic carbocycles. The van der Waals surface area contributed by atoms with Gasteiger partial charge in [-0.2, -0.15) is 0 Å². The minimum absolute atomic E-state index is 0.0354. The molecule has 0 saturated carbocycles. The molecular formula is C29H31ClN2O5. The largest absolute Gasteiger partial charge is 0.493 e. The number of aromatic carboxylic acids is 1. The fourth-order valence-corrected chi connectivity index (χ4v) is 4.74. The highest BCUT2D eigenvalue weighted by atomic mass is 35.5. The van der Waals surface area contributed by atoms with Gasteiger partial charge in [-0.15, -0.1) is 0 Å². The second-order valence-corrected chi connectivity index (χ2v) is 9.77. The summed E-state index contributed by atoms with van der Waals surface area (Å²) in [6, 6.07) is 15.3. The van der Waals surface area contributed by atoms with Crippen LogP contribution >= 0.6 is 11.6 Å². The minimum Gasteiger partial charge on any atom is -0.493 e. The average Bonchev–Trinajstić information content (AvgIpc) is 2.87. The lowest BCUT2D eigenvalue weighted by Gasteiger charge is -2.39. The third-order valence-electron chi connectivity index (χ3n) is 6.68. The van der Waals surface area contributed by atoms with Crippen molar-refractivity contribution >= 4 is 34.9 Å². The number of fused-ring (bicyclic) bond motifs is 1. The molecule has 194 valence electrons. The predicted octanol–water partition coefficient (Wildman–Crippen LogP) is 5.97. The maximum Gasteiger partial charge on any atom is 0.336 e. The Hall–Kier alpha value is -3.71. The van der Waals surface area contributed by atoms with Crippen molar-refractivity contribution in [3.8, 4) is 11.5 Å². The van der Waals surface area contributed by atoms with Crippen molar-refractivity contribution in [2.45, 2.75) is 38.8 Å². The quantitative estimate of drug-likeness (QED) is 0.392. The lowest BCUT2D eigenvalue weighted by molar-refractivity contribution is -0.118. The highest BCUT2D eigenvalue weighted by Gasteiger charge is 2.38. The molecule has 4 rings (SSSR count). The van der Waals surface area contributed by atoms with E-state index in [2.05, 4.69) is 0 Å². The number of carbonyl (C=O) groups excluding carboxylic acids is 1. The smallest absolute Gasteiger partial charge is 0.336 e. The van der Waals surface area contributed by atoms with Gasteiger partial charge in [0.1, 0.15) is 0 Å². The molecule has 0 saturated heterocycles. The Bertz CT molecular complexity index is 1320. The molecule has 8 heteroatoms. The molecule has 3 aromatic rings. The second-order valence-electron chi connectivity index (χ2n) is 9.33. The fraction of sp³-hybridized carbons (Fsp3) is 0.310. The van der Waals surface area contributed by atoms with E-state index in [9.17, 15) is 14.7 Å². The van der Waals surface area contributed by atoms with Crippen LogP contribution in [0.15, 0.2) is 54.6 Å². The van der Waals surface area contributed by atoms with E-state index in [1.807, 2.05) is 69.2 Å². The van der Waals surface area contributed by atoms with E-state index in [-0.39, 0.29) is 24.0 Å². The van der Waals surface area contributed by atoms with E-state index >= 15 is 0 Å². The topological polar surface area (TPSA) is 79.3 Å². The van der Waals surface area contributed by atoms with E-state index in [4.69, 9.17) is 21.1 Å². The van der Waals surface area contributed by atoms with Gasteiger partial charge in [0.25, 0.3) is 0 Å². The number of hydrogen-bond donors (Lipinski definition) is 1. The number of carboxylic acids is 1. The number of nitrogens with zero attached hydrogens (tertiary/aromatic N) is 2. The number of carboxylic acid groups (broad SMARTS) is 1. The number of hydrogen-bond acceptors (Lipinski definition) is 5. The van der Waals surface area contributed by atoms with Crippen molar-refractivity contribution in [3.05, 3.63) is 81.9 Å². The fourth-order valence-electron chi connectivity index (χ4n) is 4.57. The highest BCUT2D eigenvalue weighted by molar-refractivity contribution is 6.31. The molecule has 1 unspecified atom stereocenters. The zero-order valence-electron chi connectivity index (χ0n) is 21.6. The molecule has 7 nitrogen and oxygen atoms in total. The summed E-state index contributed by atoms with van der Waals surface area (Å²) in [7, 11) is 5.45. The Labute approximate surface area is 222 Å². The standard InChI is InChI=1S/C29H31ClN2O5/c1-6-17(2)37-26-16-23-18(13-25(26)36-5)14-27(33)32(21-10-8-20(9-11-21)31(3)4)28(23)22-12-7-19(30)15-24(22)29(34)35/h7-13,15-17,28H,6,14H2,1-5H3,(H,34,35)/t17-,28?/m1/s1. The van der Waals surface area contributed by atoms with E-state index in [1.165, 1.54) is 6.07 Å². The van der Waals surface area contributed by atoms with Gasteiger partial charge in [-0.05, 0) is 78.6 Å². The number of anilines is 2. The van der Waals surface area contributed by atoms with Gasteiger partial charge in [0.2, 0.25) is 5.91 Å². The average molecular weight is 523 g/mol. The van der Waals surface area contributed by atoms with Crippen LogP contribution in [0.4, 0.5) is 11.4 Å². The predicted molar refractivity (Wildman–Crippen MR) is 146 cm³/mol. The van der Waals surface area contributed by atoms with E-state index in [1.54, 1.807) is 24.1 Å². The third-order valence-corrected chi connectivity index (χ3v) is 6.91. The minimum atomic E-state index is -1.12. The Morgan fingerprint density at radius 2 is 1.81 bits per heavy atom. The number of carbonyl (C=O) groups is 2. The van der Waals surface area contributed by atoms with Crippen molar-refractivity contribution in [2.75, 3.05) is 31.0 Å². The molecule has 3 aromatic carbocycles. The molecule has 37 heavy (non-hydrogen) atoms. The van der Waals surface area contributed by atoms with Crippen LogP contribution < -0.4 is 19.3 Å². The van der Waals surface area contributed by atoms with Crippen LogP contribution in [0.1, 0.15) is 53.4 Å². The van der Waals surface area contributed by atoms with Gasteiger partial charge >= 0.3 is 5.97 Å². The Morgan fingerprint density at radius 3 is 2.41 bits per heavy atom. The van der Waals surface area contributed by atoms with Crippen molar-refractivity contribution in [1.82, 2.24) is 0 Å². The summed E-state index contributed by atoms with van der Waals surface area (Å²) < 4.78 is 11.8. The van der Waals surface area contributed by atoms with E-state index in [0.29, 0.717) is 27.8 Å². The second kappa shape index (κ2) is 10.7. The SMILES string of the molecule is CC[C@@H](C)Oc1cc2c(cc1OC)CC(=O)N(c1ccc(N(C)C)cc1)C2c1ccc(Cl)cc1C(=O)O. The molecule has 0 aromatic heterocycles. The molecule has 1 heterocycles. The summed E-state index contributed by atoms with van der Waals surface area (Å²) >= 11 is 6.18. The Morgan fingerprint density at radius 1 is 1.11 bits per heavy atom. The maximum absolute atomic E-state index is 13.7. The lowest BCUT2D eigenvalue weighted by atomic mass is 9.85. The first-order valence-corrected chi connectivity index (χ1v) is 12.5. The number of ether oxygens (including phenoxy) is 2. The van der Waals surface area contributed by atoms with Crippen molar-refractivity contribution in [2.24, 2.45) is 0 Å². The molecular weight excluding hydrogens is 492 g/mol. The first-order valence-electron chi connectivity index (χ1n) is 12.1. The molecule has 0 fully saturated rings. The zero-order chi connectivity index (χ0) is 26.9. The van der Waals surface area contributed by atoms with Gasteiger partial charge in [-0.3, -0.25) is 4.79 Å². The van der Waals surface area contributed by atoms with Gasteiger partial charge in [-0.25, -0.2) is 4.79 Å². The van der Waals surface area contributed by atoms with Crippen LogP contribution in [0, 0.1) is 0 Å². The number of halogens is 1. The summed E-state index contributed by atoms with van der Waals surface area (Å²) in [5.41, 5.74) is 3.68. The Balaban J connectivity index is 1.97. The zero-order valence-corrected chi connectivity index (χ0v) is 22.4.